The molecule has 0 spiro atoms. The normalized spacial score (nSPS) is 9.76. The van der Waals surface area contributed by atoms with Gasteiger partial charge < -0.3 is 4.74 Å². The van der Waals surface area contributed by atoms with E-state index in [2.05, 4.69) is 4.74 Å². The van der Waals surface area contributed by atoms with Crippen molar-refractivity contribution in [2.75, 3.05) is 7.11 Å². The Labute approximate surface area is 95.1 Å². The molecule has 0 radical (unpaired) electrons. The molecule has 8 heteroatoms. The molecule has 1 rings (SSSR count). The van der Waals surface area contributed by atoms with Crippen molar-refractivity contribution in [3.05, 3.63) is 43.5 Å². The third-order valence-electron chi connectivity index (χ3n) is 2.11. The molecule has 0 fully saturated rings. The quantitative estimate of drug-likeness (QED) is 0.450. The van der Waals surface area contributed by atoms with Crippen LogP contribution in [-0.2, 0) is 4.74 Å². The lowest BCUT2D eigenvalue weighted by Gasteiger charge is -2.03. The highest BCUT2D eigenvalue weighted by atomic mass is 16.6. The highest BCUT2D eigenvalue weighted by molar-refractivity contribution is 5.94. The molecule has 0 aromatic heterocycles. The number of esters is 1. The Hall–Kier alpha value is -2.51. The van der Waals surface area contributed by atoms with Crippen molar-refractivity contribution in [2.24, 2.45) is 0 Å². The second-order valence-electron chi connectivity index (χ2n) is 3.16. The van der Waals surface area contributed by atoms with Gasteiger partial charge in [0.05, 0.1) is 23.0 Å². The molecule has 0 unspecified atom stereocenters. The van der Waals surface area contributed by atoms with Gasteiger partial charge in [0.1, 0.15) is 5.56 Å². The Morgan fingerprint density at radius 3 is 2.12 bits per heavy atom. The summed E-state index contributed by atoms with van der Waals surface area (Å²) in [6.07, 6.45) is 0. The van der Waals surface area contributed by atoms with Crippen LogP contribution in [0.5, 0.6) is 0 Å². The van der Waals surface area contributed by atoms with Crippen molar-refractivity contribution in [3.8, 4) is 0 Å². The molecule has 0 amide bonds. The molecule has 0 N–H and O–H groups in total. The van der Waals surface area contributed by atoms with E-state index in [4.69, 9.17) is 0 Å². The first-order valence-electron chi connectivity index (χ1n) is 4.40. The number of hydrogen-bond donors (Lipinski definition) is 0. The van der Waals surface area contributed by atoms with E-state index in [9.17, 15) is 25.0 Å². The average molecular weight is 240 g/mol. The molecule has 0 aliphatic heterocycles. The van der Waals surface area contributed by atoms with Crippen molar-refractivity contribution in [2.45, 2.75) is 6.92 Å². The zero-order valence-electron chi connectivity index (χ0n) is 9.00. The van der Waals surface area contributed by atoms with Crippen molar-refractivity contribution in [3.63, 3.8) is 0 Å². The molecule has 0 saturated carbocycles. The minimum absolute atomic E-state index is 0.154. The molecule has 90 valence electrons. The molecule has 17 heavy (non-hydrogen) atoms. The molecule has 0 saturated heterocycles. The van der Waals surface area contributed by atoms with Gasteiger partial charge in [0.15, 0.2) is 0 Å². The summed E-state index contributed by atoms with van der Waals surface area (Å²) in [4.78, 5) is 31.0. The van der Waals surface area contributed by atoms with Crippen molar-refractivity contribution in [1.29, 1.82) is 0 Å². The van der Waals surface area contributed by atoms with E-state index in [1.54, 1.807) is 0 Å². The number of rotatable bonds is 3. The molecule has 0 aliphatic rings. The minimum Gasteiger partial charge on any atom is -0.465 e. The van der Waals surface area contributed by atoms with Crippen LogP contribution in [0.15, 0.2) is 12.1 Å². The maximum absolute atomic E-state index is 11.3. The van der Waals surface area contributed by atoms with Crippen molar-refractivity contribution < 1.29 is 19.4 Å². The number of methoxy groups -OCH3 is 1. The lowest BCUT2D eigenvalue weighted by Crippen LogP contribution is -2.07. The second-order valence-corrected chi connectivity index (χ2v) is 3.16. The molecular weight excluding hydrogens is 232 g/mol. The van der Waals surface area contributed by atoms with Gasteiger partial charge in [-0.3, -0.25) is 20.2 Å². The fraction of sp³-hybridized carbons (Fsp3) is 0.222. The number of aryl methyl sites for hydroxylation is 1. The number of hydrogen-bond acceptors (Lipinski definition) is 6. The van der Waals surface area contributed by atoms with E-state index < -0.39 is 27.2 Å². The average Bonchev–Trinajstić information content (AvgIpc) is 2.26. The van der Waals surface area contributed by atoms with E-state index in [1.807, 2.05) is 0 Å². The smallest absolute Gasteiger partial charge is 0.344 e. The monoisotopic (exact) mass is 240 g/mol. The number of nitro benzene ring substituents is 2. The predicted octanol–water partition coefficient (Wildman–Crippen LogP) is 1.60. The van der Waals surface area contributed by atoms with Crippen molar-refractivity contribution >= 4 is 17.3 Å². The summed E-state index contributed by atoms with van der Waals surface area (Å²) in [5.74, 6) is -0.908. The van der Waals surface area contributed by atoms with Crippen LogP contribution >= 0.6 is 0 Å². The lowest BCUT2D eigenvalue weighted by molar-refractivity contribution is -0.394. The Morgan fingerprint density at radius 1 is 1.18 bits per heavy atom. The van der Waals surface area contributed by atoms with Crippen LogP contribution in [0.25, 0.3) is 0 Å². The molecule has 0 atom stereocenters. The summed E-state index contributed by atoms with van der Waals surface area (Å²) in [7, 11) is 1.07. The van der Waals surface area contributed by atoms with Gasteiger partial charge >= 0.3 is 5.97 Å². The molecule has 1 aromatic carbocycles. The molecular formula is C9H8N2O6. The summed E-state index contributed by atoms with van der Waals surface area (Å²) in [6.45, 7) is 1.38. The maximum atomic E-state index is 11.3. The van der Waals surface area contributed by atoms with Crippen LogP contribution in [0.1, 0.15) is 15.9 Å². The Morgan fingerprint density at radius 2 is 1.71 bits per heavy atom. The molecule has 1 aromatic rings. The second kappa shape index (κ2) is 4.56. The van der Waals surface area contributed by atoms with Gasteiger partial charge in [0.2, 0.25) is 0 Å². The van der Waals surface area contributed by atoms with E-state index in [-0.39, 0.29) is 11.1 Å². The van der Waals surface area contributed by atoms with Crippen LogP contribution in [0, 0.1) is 27.2 Å². The van der Waals surface area contributed by atoms with E-state index in [0.29, 0.717) is 0 Å². The number of ether oxygens (including phenoxy) is 1. The first-order valence-corrected chi connectivity index (χ1v) is 4.40. The standard InChI is InChI=1S/C9H8N2O6/c1-5-3-6(9(12)17-2)8(11(15)16)4-7(5)10(13)14/h3-4H,1-2H3. The summed E-state index contributed by atoms with van der Waals surface area (Å²) in [5, 5.41) is 21.3. The third kappa shape index (κ3) is 2.36. The summed E-state index contributed by atoms with van der Waals surface area (Å²) in [6, 6.07) is 1.82. The Balaban J connectivity index is 3.52. The number of carbonyl (C=O) groups excluding carboxylic acids is 1. The Bertz CT molecular complexity index is 510. The van der Waals surface area contributed by atoms with Gasteiger partial charge in [0.25, 0.3) is 11.4 Å². The van der Waals surface area contributed by atoms with Gasteiger partial charge in [-0.1, -0.05) is 0 Å². The third-order valence-corrected chi connectivity index (χ3v) is 2.11. The topological polar surface area (TPSA) is 113 Å². The lowest BCUT2D eigenvalue weighted by atomic mass is 10.1. The first kappa shape index (κ1) is 12.6. The van der Waals surface area contributed by atoms with Gasteiger partial charge in [0, 0.05) is 5.56 Å². The van der Waals surface area contributed by atoms with Crippen LogP contribution in [-0.4, -0.2) is 22.9 Å². The minimum atomic E-state index is -0.908. The van der Waals surface area contributed by atoms with Gasteiger partial charge in [-0.25, -0.2) is 4.79 Å². The van der Waals surface area contributed by atoms with Crippen LogP contribution in [0.3, 0.4) is 0 Å². The fourth-order valence-electron chi connectivity index (χ4n) is 1.31. The maximum Gasteiger partial charge on any atom is 0.344 e. The number of nitro groups is 2. The van der Waals surface area contributed by atoms with Crippen LogP contribution in [0.4, 0.5) is 11.4 Å². The van der Waals surface area contributed by atoms with Crippen molar-refractivity contribution in [1.82, 2.24) is 0 Å². The van der Waals surface area contributed by atoms with Gasteiger partial charge in [-0.15, -0.1) is 0 Å². The summed E-state index contributed by atoms with van der Waals surface area (Å²) >= 11 is 0. The largest absolute Gasteiger partial charge is 0.465 e. The number of benzene rings is 1. The molecule has 0 bridgehead atoms. The molecule has 0 aliphatic carbocycles. The van der Waals surface area contributed by atoms with Gasteiger partial charge in [-0.05, 0) is 13.0 Å². The zero-order chi connectivity index (χ0) is 13.2. The predicted molar refractivity (Wildman–Crippen MR) is 55.8 cm³/mol. The highest BCUT2D eigenvalue weighted by Crippen LogP contribution is 2.28. The van der Waals surface area contributed by atoms with Gasteiger partial charge in [-0.2, -0.15) is 0 Å². The highest BCUT2D eigenvalue weighted by Gasteiger charge is 2.26. The first-order chi connectivity index (χ1) is 7.88. The van der Waals surface area contributed by atoms with E-state index in [0.717, 1.165) is 19.2 Å². The summed E-state index contributed by atoms with van der Waals surface area (Å²) < 4.78 is 4.37. The number of carbonyl (C=O) groups is 1. The number of nitrogens with zero attached hydrogens (tertiary/aromatic N) is 2. The zero-order valence-corrected chi connectivity index (χ0v) is 9.00. The Kier molecular flexibility index (Phi) is 3.37. The van der Waals surface area contributed by atoms with Crippen LogP contribution < -0.4 is 0 Å². The molecule has 0 heterocycles. The summed E-state index contributed by atoms with van der Waals surface area (Å²) in [5.41, 5.74) is -1.21. The molecule has 8 nitrogen and oxygen atoms in total. The van der Waals surface area contributed by atoms with Crippen LogP contribution in [0.2, 0.25) is 0 Å². The SMILES string of the molecule is COC(=O)c1cc(C)c([N+](=O)[O-])cc1[N+](=O)[O-]. The fourth-order valence-corrected chi connectivity index (χ4v) is 1.31. The van der Waals surface area contributed by atoms with E-state index >= 15 is 0 Å². The van der Waals surface area contributed by atoms with E-state index in [1.165, 1.54) is 6.92 Å².